The summed E-state index contributed by atoms with van der Waals surface area (Å²) in [5.41, 5.74) is 10.6. The van der Waals surface area contributed by atoms with Gasteiger partial charge in [-0.1, -0.05) is 6.07 Å². The highest BCUT2D eigenvalue weighted by atomic mass is 16.5. The number of para-hydroxylation sites is 1. The Morgan fingerprint density at radius 2 is 2.00 bits per heavy atom. The molecule has 0 heterocycles. The Morgan fingerprint density at radius 1 is 1.33 bits per heavy atom. The maximum absolute atomic E-state index is 5.97. The molecule has 0 aliphatic heterocycles. The summed E-state index contributed by atoms with van der Waals surface area (Å²) >= 11 is 0. The van der Waals surface area contributed by atoms with Crippen LogP contribution in [-0.4, -0.2) is 25.2 Å². The van der Waals surface area contributed by atoms with Gasteiger partial charge >= 0.3 is 0 Å². The Kier molecular flexibility index (Phi) is 3.80. The predicted molar refractivity (Wildman–Crippen MR) is 63.9 cm³/mol. The van der Waals surface area contributed by atoms with Crippen molar-refractivity contribution < 1.29 is 4.74 Å². The lowest BCUT2D eigenvalue weighted by Gasteiger charge is -2.18. The molecule has 1 aromatic carbocycles. The van der Waals surface area contributed by atoms with Gasteiger partial charge in [0.15, 0.2) is 0 Å². The van der Waals surface area contributed by atoms with Crippen LogP contribution >= 0.6 is 0 Å². The minimum atomic E-state index is 0.127. The van der Waals surface area contributed by atoms with Gasteiger partial charge in [0.05, 0.1) is 17.5 Å². The third-order valence-corrected chi connectivity index (χ3v) is 1.77. The smallest absolute Gasteiger partial charge is 0.144 e. The quantitative estimate of drug-likeness (QED) is 0.588. The average Bonchev–Trinajstić information content (AvgIpc) is 2.10. The monoisotopic (exact) mass is 209 g/mol. The Balaban J connectivity index is 2.90. The highest BCUT2D eigenvalue weighted by molar-refractivity contribution is 5.72. The average molecular weight is 209 g/mol. The molecule has 0 radical (unpaired) electrons. The molecule has 15 heavy (non-hydrogen) atoms. The standard InChI is InChI=1S/C11H19N3O/c1-8(2)15-10-7-5-6-9(11(10)12)13-14(3)4/h5-8,13H,12H2,1-4H3. The van der Waals surface area contributed by atoms with Crippen LogP contribution < -0.4 is 15.9 Å². The molecule has 0 aromatic heterocycles. The van der Waals surface area contributed by atoms with Crippen molar-refractivity contribution in [1.82, 2.24) is 5.01 Å². The fraction of sp³-hybridized carbons (Fsp3) is 0.455. The van der Waals surface area contributed by atoms with E-state index in [1.54, 1.807) is 0 Å². The number of nitrogens with zero attached hydrogens (tertiary/aromatic N) is 1. The first kappa shape index (κ1) is 11.7. The molecule has 1 aromatic rings. The van der Waals surface area contributed by atoms with Crippen LogP contribution in [-0.2, 0) is 0 Å². The number of hydrazine groups is 1. The van der Waals surface area contributed by atoms with Gasteiger partial charge in [0, 0.05) is 14.1 Å². The van der Waals surface area contributed by atoms with Gasteiger partial charge in [-0.15, -0.1) is 0 Å². The second kappa shape index (κ2) is 4.89. The van der Waals surface area contributed by atoms with Crippen molar-refractivity contribution >= 4 is 11.4 Å². The zero-order valence-electron chi connectivity index (χ0n) is 9.74. The van der Waals surface area contributed by atoms with Gasteiger partial charge in [-0.05, 0) is 26.0 Å². The van der Waals surface area contributed by atoms with E-state index < -0.39 is 0 Å². The summed E-state index contributed by atoms with van der Waals surface area (Å²) in [6, 6.07) is 5.71. The third kappa shape index (κ3) is 3.32. The number of benzene rings is 1. The molecule has 1 rings (SSSR count). The topological polar surface area (TPSA) is 50.5 Å². The van der Waals surface area contributed by atoms with E-state index in [2.05, 4.69) is 5.43 Å². The van der Waals surface area contributed by atoms with Gasteiger partial charge in [0.2, 0.25) is 0 Å². The number of ether oxygens (including phenoxy) is 1. The van der Waals surface area contributed by atoms with Gasteiger partial charge < -0.3 is 15.9 Å². The van der Waals surface area contributed by atoms with E-state index in [9.17, 15) is 0 Å². The van der Waals surface area contributed by atoms with Crippen LogP contribution in [0.25, 0.3) is 0 Å². The zero-order valence-corrected chi connectivity index (χ0v) is 9.74. The fourth-order valence-electron chi connectivity index (χ4n) is 1.24. The van der Waals surface area contributed by atoms with Crippen molar-refractivity contribution in [3.8, 4) is 5.75 Å². The predicted octanol–water partition coefficient (Wildman–Crippen LogP) is 1.94. The Morgan fingerprint density at radius 3 is 2.53 bits per heavy atom. The lowest BCUT2D eigenvalue weighted by molar-refractivity contribution is 0.244. The number of rotatable bonds is 4. The summed E-state index contributed by atoms with van der Waals surface area (Å²) in [5, 5.41) is 1.84. The van der Waals surface area contributed by atoms with E-state index in [1.165, 1.54) is 0 Å². The second-order valence-electron chi connectivity index (χ2n) is 3.89. The molecule has 4 nitrogen and oxygen atoms in total. The van der Waals surface area contributed by atoms with Crippen LogP contribution in [0.2, 0.25) is 0 Å². The van der Waals surface area contributed by atoms with E-state index in [0.717, 1.165) is 11.4 Å². The highest BCUT2D eigenvalue weighted by Crippen LogP contribution is 2.29. The molecular weight excluding hydrogens is 190 g/mol. The number of hydrogen-bond donors (Lipinski definition) is 2. The van der Waals surface area contributed by atoms with Crippen molar-refractivity contribution in [3.63, 3.8) is 0 Å². The van der Waals surface area contributed by atoms with E-state index in [1.807, 2.05) is 51.2 Å². The molecule has 0 saturated carbocycles. The van der Waals surface area contributed by atoms with E-state index >= 15 is 0 Å². The summed E-state index contributed by atoms with van der Waals surface area (Å²) in [5.74, 6) is 0.719. The largest absolute Gasteiger partial charge is 0.489 e. The number of nitrogens with two attached hydrogens (primary N) is 1. The van der Waals surface area contributed by atoms with Gasteiger partial charge in [0.1, 0.15) is 5.75 Å². The molecule has 3 N–H and O–H groups in total. The Labute approximate surface area is 91.0 Å². The van der Waals surface area contributed by atoms with Crippen molar-refractivity contribution in [2.45, 2.75) is 20.0 Å². The van der Waals surface area contributed by atoms with E-state index in [4.69, 9.17) is 10.5 Å². The molecule has 0 atom stereocenters. The summed E-state index contributed by atoms with van der Waals surface area (Å²) in [4.78, 5) is 0. The van der Waals surface area contributed by atoms with Gasteiger partial charge in [-0.2, -0.15) is 0 Å². The summed E-state index contributed by atoms with van der Waals surface area (Å²) in [6.07, 6.45) is 0.127. The second-order valence-corrected chi connectivity index (χ2v) is 3.89. The lowest BCUT2D eigenvalue weighted by Crippen LogP contribution is -2.20. The van der Waals surface area contributed by atoms with E-state index in [-0.39, 0.29) is 6.10 Å². The van der Waals surface area contributed by atoms with Crippen LogP contribution in [0.5, 0.6) is 5.75 Å². The molecule has 0 saturated heterocycles. The molecule has 4 heteroatoms. The third-order valence-electron chi connectivity index (χ3n) is 1.77. The van der Waals surface area contributed by atoms with Crippen molar-refractivity contribution in [2.75, 3.05) is 25.3 Å². The van der Waals surface area contributed by atoms with Gasteiger partial charge in [-0.25, -0.2) is 5.01 Å². The van der Waals surface area contributed by atoms with Crippen LogP contribution in [0.15, 0.2) is 18.2 Å². The van der Waals surface area contributed by atoms with Gasteiger partial charge in [0.25, 0.3) is 0 Å². The fourth-order valence-corrected chi connectivity index (χ4v) is 1.24. The molecule has 0 bridgehead atoms. The molecule has 0 aliphatic carbocycles. The normalized spacial score (nSPS) is 10.8. The molecule has 84 valence electrons. The minimum absolute atomic E-state index is 0.127. The molecule has 0 aliphatic rings. The first-order chi connectivity index (χ1) is 7.00. The van der Waals surface area contributed by atoms with Crippen LogP contribution in [0, 0.1) is 0 Å². The van der Waals surface area contributed by atoms with Crippen molar-refractivity contribution in [3.05, 3.63) is 18.2 Å². The summed E-state index contributed by atoms with van der Waals surface area (Å²) in [7, 11) is 3.82. The summed E-state index contributed by atoms with van der Waals surface area (Å²) in [6.45, 7) is 3.96. The summed E-state index contributed by atoms with van der Waals surface area (Å²) < 4.78 is 5.58. The molecule has 0 amide bonds. The Bertz CT molecular complexity index is 295. The Hall–Kier alpha value is -1.42. The molecule has 0 spiro atoms. The minimum Gasteiger partial charge on any atom is -0.489 e. The van der Waals surface area contributed by atoms with Crippen molar-refractivity contribution in [1.29, 1.82) is 0 Å². The van der Waals surface area contributed by atoms with Gasteiger partial charge in [-0.3, -0.25) is 0 Å². The number of hydrogen-bond acceptors (Lipinski definition) is 4. The zero-order chi connectivity index (χ0) is 11.4. The SMILES string of the molecule is CC(C)Oc1cccc(NN(C)C)c1N. The van der Waals surface area contributed by atoms with Crippen LogP contribution in [0.4, 0.5) is 11.4 Å². The molecule has 0 fully saturated rings. The number of anilines is 2. The lowest BCUT2D eigenvalue weighted by atomic mass is 10.2. The van der Waals surface area contributed by atoms with Crippen LogP contribution in [0.3, 0.4) is 0 Å². The molecule has 0 unspecified atom stereocenters. The maximum Gasteiger partial charge on any atom is 0.144 e. The first-order valence-corrected chi connectivity index (χ1v) is 5.00. The highest BCUT2D eigenvalue weighted by Gasteiger charge is 2.07. The van der Waals surface area contributed by atoms with Crippen LogP contribution in [0.1, 0.15) is 13.8 Å². The maximum atomic E-state index is 5.97. The first-order valence-electron chi connectivity index (χ1n) is 5.00. The molecular formula is C11H19N3O. The van der Waals surface area contributed by atoms with E-state index in [0.29, 0.717) is 5.69 Å². The van der Waals surface area contributed by atoms with Crippen molar-refractivity contribution in [2.24, 2.45) is 0 Å². The number of nitrogens with one attached hydrogen (secondary N) is 1. The number of nitrogen functional groups attached to an aromatic ring is 1.